The zero-order valence-electron chi connectivity index (χ0n) is 17.8. The Bertz CT molecular complexity index is 1320. The normalized spacial score (nSPS) is 11.9. The summed E-state index contributed by atoms with van der Waals surface area (Å²) in [4.78, 5) is 28.3. The lowest BCUT2D eigenvalue weighted by atomic mass is 10.1. The molecule has 0 saturated heterocycles. The molecule has 0 atom stereocenters. The smallest absolute Gasteiger partial charge is 0.416 e. The van der Waals surface area contributed by atoms with Gasteiger partial charge in [0.2, 0.25) is 0 Å². The molecule has 0 amide bonds. The molecule has 6 nitrogen and oxygen atoms in total. The highest BCUT2D eigenvalue weighted by molar-refractivity contribution is 6.07. The topological polar surface area (TPSA) is 84.3 Å². The molecule has 2 heterocycles. The highest BCUT2D eigenvalue weighted by atomic mass is 19.4. The third kappa shape index (κ3) is 4.70. The molecule has 2 aromatic heterocycles. The van der Waals surface area contributed by atoms with Gasteiger partial charge in [0, 0.05) is 29.9 Å². The van der Waals surface area contributed by atoms with Crippen LogP contribution in [-0.4, -0.2) is 26.2 Å². The van der Waals surface area contributed by atoms with E-state index in [2.05, 4.69) is 16.8 Å². The second-order valence-electron chi connectivity index (χ2n) is 7.87. The summed E-state index contributed by atoms with van der Waals surface area (Å²) in [7, 11) is 1.51. The van der Waals surface area contributed by atoms with E-state index >= 15 is 0 Å². The van der Waals surface area contributed by atoms with Gasteiger partial charge in [-0.1, -0.05) is 30.0 Å². The van der Waals surface area contributed by atoms with Crippen molar-refractivity contribution in [2.75, 3.05) is 0 Å². The molecule has 0 aliphatic rings. The van der Waals surface area contributed by atoms with Crippen molar-refractivity contribution in [3.05, 3.63) is 68.8 Å². The third-order valence-electron chi connectivity index (χ3n) is 4.70. The van der Waals surface area contributed by atoms with Gasteiger partial charge >= 0.3 is 12.1 Å². The summed E-state index contributed by atoms with van der Waals surface area (Å²) in [6, 6.07) is 4.81. The van der Waals surface area contributed by atoms with Gasteiger partial charge in [-0.3, -0.25) is 4.79 Å². The number of benzene rings is 1. The number of fused-ring (bicyclic) bond motifs is 1. The Morgan fingerprint density at radius 2 is 1.91 bits per heavy atom. The summed E-state index contributed by atoms with van der Waals surface area (Å²) < 4.78 is 46.1. The Labute approximate surface area is 181 Å². The number of alkyl halides is 3. The number of hydrogen-bond donors (Lipinski definition) is 2. The molecule has 0 aliphatic carbocycles. The molecule has 32 heavy (non-hydrogen) atoms. The molecule has 168 valence electrons. The van der Waals surface area contributed by atoms with Crippen LogP contribution in [0.2, 0.25) is 0 Å². The first kappa shape index (κ1) is 23.2. The van der Waals surface area contributed by atoms with Crippen molar-refractivity contribution in [2.24, 2.45) is 7.05 Å². The Hall–Kier alpha value is -3.51. The molecule has 0 bridgehead atoms. The molecule has 9 heteroatoms. The lowest BCUT2D eigenvalue weighted by molar-refractivity contribution is -0.138. The van der Waals surface area contributed by atoms with Crippen molar-refractivity contribution in [1.29, 1.82) is 0 Å². The number of nitrogens with zero attached hydrogens (tertiary/aromatic N) is 1. The molecule has 0 aliphatic heterocycles. The van der Waals surface area contributed by atoms with Gasteiger partial charge in [-0.15, -0.1) is 0 Å². The van der Waals surface area contributed by atoms with Gasteiger partial charge in [0.1, 0.15) is 17.7 Å². The van der Waals surface area contributed by atoms with Gasteiger partial charge in [0.25, 0.3) is 5.56 Å². The third-order valence-corrected chi connectivity index (χ3v) is 4.70. The van der Waals surface area contributed by atoms with Crippen LogP contribution >= 0.6 is 0 Å². The highest BCUT2D eigenvalue weighted by Gasteiger charge is 2.33. The lowest BCUT2D eigenvalue weighted by Gasteiger charge is -2.13. The number of pyridine rings is 1. The number of hydrogen-bond acceptors (Lipinski definition) is 4. The van der Waals surface area contributed by atoms with Crippen molar-refractivity contribution < 1.29 is 27.8 Å². The van der Waals surface area contributed by atoms with Crippen molar-refractivity contribution in [2.45, 2.75) is 39.2 Å². The van der Waals surface area contributed by atoms with Crippen molar-refractivity contribution in [1.82, 2.24) is 9.55 Å². The molecule has 2 N–H and O–H groups in total. The zero-order chi connectivity index (χ0) is 23.8. The number of carbonyl (C=O) groups excluding carboxylic acids is 1. The van der Waals surface area contributed by atoms with Crippen LogP contribution in [-0.2, 0) is 24.6 Å². The predicted molar refractivity (Wildman–Crippen MR) is 112 cm³/mol. The number of ether oxygens (including phenoxy) is 1. The SMILES string of the molecule is Cc1[nH]c2c(=O)n(C)cc(C#CC(C)(C)O)c2c1C(=O)OCc1ccccc1C(F)(F)F. The number of aromatic amines is 1. The maximum absolute atomic E-state index is 13.2. The average molecular weight is 446 g/mol. The summed E-state index contributed by atoms with van der Waals surface area (Å²) in [5, 5.41) is 10.1. The monoisotopic (exact) mass is 446 g/mol. The van der Waals surface area contributed by atoms with E-state index < -0.39 is 35.5 Å². The second kappa shape index (κ2) is 8.20. The quantitative estimate of drug-likeness (QED) is 0.475. The largest absolute Gasteiger partial charge is 0.457 e. The molecule has 1 aromatic carbocycles. The van der Waals surface area contributed by atoms with Crippen LogP contribution in [0, 0.1) is 18.8 Å². The number of aryl methyl sites for hydroxylation is 2. The van der Waals surface area contributed by atoms with Gasteiger partial charge in [-0.2, -0.15) is 13.2 Å². The fourth-order valence-corrected chi connectivity index (χ4v) is 3.26. The van der Waals surface area contributed by atoms with Crippen LogP contribution in [0.5, 0.6) is 0 Å². The molecular formula is C23H21F3N2O4. The van der Waals surface area contributed by atoms with Crippen molar-refractivity contribution in [3.8, 4) is 11.8 Å². The number of rotatable bonds is 3. The number of halogens is 3. The predicted octanol–water partition coefficient (Wildman–Crippen LogP) is 3.67. The summed E-state index contributed by atoms with van der Waals surface area (Å²) in [5.41, 5.74) is -2.12. The minimum atomic E-state index is -4.59. The Morgan fingerprint density at radius 1 is 1.25 bits per heavy atom. The van der Waals surface area contributed by atoms with E-state index in [0.29, 0.717) is 5.69 Å². The standard InChI is InChI=1S/C23H21F3N2O4/c1-13-17(21(30)32-12-15-7-5-6-8-16(15)23(24,25)26)18-14(9-10-22(2,3)31)11-28(4)20(29)19(18)27-13/h5-8,11,27,31H,12H2,1-4H3. The highest BCUT2D eigenvalue weighted by Crippen LogP contribution is 2.32. The minimum Gasteiger partial charge on any atom is -0.457 e. The van der Waals surface area contributed by atoms with E-state index in [1.165, 1.54) is 49.9 Å². The van der Waals surface area contributed by atoms with E-state index in [4.69, 9.17) is 4.74 Å². The van der Waals surface area contributed by atoms with Crippen LogP contribution in [0.25, 0.3) is 10.9 Å². The average Bonchev–Trinajstić information content (AvgIpc) is 3.04. The summed E-state index contributed by atoms with van der Waals surface area (Å²) in [6.07, 6.45) is -3.17. The van der Waals surface area contributed by atoms with Crippen LogP contribution in [0.15, 0.2) is 35.3 Å². The van der Waals surface area contributed by atoms with E-state index in [9.17, 15) is 27.9 Å². The minimum absolute atomic E-state index is 0.00207. The number of carbonyl (C=O) groups is 1. The molecule has 0 unspecified atom stereocenters. The van der Waals surface area contributed by atoms with Gasteiger partial charge < -0.3 is 19.4 Å². The summed E-state index contributed by atoms with van der Waals surface area (Å²) in [5.74, 6) is 4.51. The molecule has 3 aromatic rings. The summed E-state index contributed by atoms with van der Waals surface area (Å²) >= 11 is 0. The summed E-state index contributed by atoms with van der Waals surface area (Å²) in [6.45, 7) is 3.91. The van der Waals surface area contributed by atoms with Gasteiger partial charge in [0.15, 0.2) is 0 Å². The number of aliphatic hydroxyl groups is 1. The van der Waals surface area contributed by atoms with Crippen molar-refractivity contribution in [3.63, 3.8) is 0 Å². The van der Waals surface area contributed by atoms with E-state index in [-0.39, 0.29) is 27.6 Å². The second-order valence-corrected chi connectivity index (χ2v) is 7.87. The first-order valence-electron chi connectivity index (χ1n) is 9.59. The van der Waals surface area contributed by atoms with Crippen LogP contribution in [0.3, 0.4) is 0 Å². The van der Waals surface area contributed by atoms with Gasteiger partial charge in [0.05, 0.1) is 16.7 Å². The molecule has 0 saturated carbocycles. The fraction of sp³-hybridized carbons (Fsp3) is 0.304. The molecule has 3 rings (SSSR count). The van der Waals surface area contributed by atoms with E-state index in [0.717, 1.165) is 6.07 Å². The van der Waals surface area contributed by atoms with Crippen molar-refractivity contribution >= 4 is 16.9 Å². The Kier molecular flexibility index (Phi) is 5.94. The Balaban J connectivity index is 2.07. The maximum atomic E-state index is 13.2. The number of esters is 1. The van der Waals surface area contributed by atoms with Gasteiger partial charge in [-0.05, 0) is 26.8 Å². The zero-order valence-corrected chi connectivity index (χ0v) is 17.8. The first-order chi connectivity index (χ1) is 14.8. The lowest BCUT2D eigenvalue weighted by Crippen LogP contribution is -2.18. The fourth-order valence-electron chi connectivity index (χ4n) is 3.26. The van der Waals surface area contributed by atoms with Crippen LogP contribution < -0.4 is 5.56 Å². The molecule has 0 spiro atoms. The first-order valence-corrected chi connectivity index (χ1v) is 9.59. The van der Waals surface area contributed by atoms with E-state index in [1.54, 1.807) is 6.92 Å². The van der Waals surface area contributed by atoms with E-state index in [1.807, 2.05) is 0 Å². The number of aromatic nitrogens is 2. The van der Waals surface area contributed by atoms with Crippen LogP contribution in [0.4, 0.5) is 13.2 Å². The van der Waals surface area contributed by atoms with Crippen LogP contribution in [0.1, 0.15) is 46.6 Å². The van der Waals surface area contributed by atoms with Gasteiger partial charge in [-0.25, -0.2) is 4.79 Å². The molecule has 0 fully saturated rings. The number of H-pyrrole nitrogens is 1. The Morgan fingerprint density at radius 3 is 2.53 bits per heavy atom. The maximum Gasteiger partial charge on any atom is 0.416 e. The molecular weight excluding hydrogens is 425 g/mol. The number of nitrogens with one attached hydrogen (secondary N) is 1. The molecule has 0 radical (unpaired) electrons.